The normalized spacial score (nSPS) is 31.3. The molecule has 0 saturated heterocycles. The van der Waals surface area contributed by atoms with Crippen molar-refractivity contribution in [2.45, 2.75) is 38.0 Å². The van der Waals surface area contributed by atoms with Crippen molar-refractivity contribution in [2.75, 3.05) is 13.2 Å². The number of aliphatic hydroxyl groups excluding tert-OH is 1. The first-order valence-corrected chi connectivity index (χ1v) is 6.90. The van der Waals surface area contributed by atoms with Gasteiger partial charge in [-0.05, 0) is 42.9 Å². The lowest BCUT2D eigenvalue weighted by Crippen LogP contribution is -2.32. The molecular weight excluding hydrogens is 226 g/mol. The van der Waals surface area contributed by atoms with Gasteiger partial charge in [-0.15, -0.1) is 0 Å². The van der Waals surface area contributed by atoms with Crippen molar-refractivity contribution in [3.05, 3.63) is 35.4 Å². The van der Waals surface area contributed by atoms with Crippen molar-refractivity contribution in [1.29, 1.82) is 0 Å². The predicted octanol–water partition coefficient (Wildman–Crippen LogP) is 2.01. The van der Waals surface area contributed by atoms with Crippen molar-refractivity contribution in [1.82, 2.24) is 5.32 Å². The number of hydrogen-bond donors (Lipinski definition) is 2. The number of ether oxygens (including phenoxy) is 1. The highest BCUT2D eigenvalue weighted by Gasteiger charge is 2.25. The molecule has 18 heavy (non-hydrogen) atoms. The molecule has 1 aliphatic carbocycles. The standard InChI is InChI=1S/C15H21NO2/c17-13-6-5-11(7-13)8-16-15-10-18-9-12-3-1-2-4-14(12)15/h1-4,11,13,15-17H,5-10H2. The number of rotatable bonds is 3. The Morgan fingerprint density at radius 3 is 3.00 bits per heavy atom. The maximum Gasteiger partial charge on any atom is 0.0721 e. The summed E-state index contributed by atoms with van der Waals surface area (Å²) in [6.45, 7) is 2.47. The molecule has 3 unspecified atom stereocenters. The zero-order chi connectivity index (χ0) is 12.4. The minimum Gasteiger partial charge on any atom is -0.393 e. The maximum absolute atomic E-state index is 9.54. The molecule has 1 aromatic carbocycles. The van der Waals surface area contributed by atoms with Crippen LogP contribution in [0.25, 0.3) is 0 Å². The van der Waals surface area contributed by atoms with E-state index in [1.54, 1.807) is 0 Å². The quantitative estimate of drug-likeness (QED) is 0.858. The van der Waals surface area contributed by atoms with Gasteiger partial charge in [0.1, 0.15) is 0 Å². The van der Waals surface area contributed by atoms with Crippen LogP contribution in [-0.2, 0) is 11.3 Å². The molecule has 2 aliphatic rings. The van der Waals surface area contributed by atoms with Gasteiger partial charge in [0.15, 0.2) is 0 Å². The summed E-state index contributed by atoms with van der Waals surface area (Å²) in [4.78, 5) is 0. The highest BCUT2D eigenvalue weighted by atomic mass is 16.5. The first kappa shape index (κ1) is 12.2. The van der Waals surface area contributed by atoms with Crippen LogP contribution in [0.2, 0.25) is 0 Å². The van der Waals surface area contributed by atoms with Gasteiger partial charge in [0.2, 0.25) is 0 Å². The molecule has 98 valence electrons. The fourth-order valence-electron chi connectivity index (χ4n) is 3.09. The maximum atomic E-state index is 9.54. The average molecular weight is 247 g/mol. The first-order valence-electron chi connectivity index (χ1n) is 6.90. The van der Waals surface area contributed by atoms with Gasteiger partial charge in [0, 0.05) is 0 Å². The lowest BCUT2D eigenvalue weighted by molar-refractivity contribution is 0.0806. The topological polar surface area (TPSA) is 41.5 Å². The monoisotopic (exact) mass is 247 g/mol. The zero-order valence-corrected chi connectivity index (χ0v) is 10.6. The average Bonchev–Trinajstić information content (AvgIpc) is 2.82. The molecule has 3 atom stereocenters. The molecule has 0 bridgehead atoms. The van der Waals surface area contributed by atoms with Gasteiger partial charge in [-0.2, -0.15) is 0 Å². The molecule has 1 fully saturated rings. The fourth-order valence-corrected chi connectivity index (χ4v) is 3.09. The molecule has 0 aromatic heterocycles. The second-order valence-electron chi connectivity index (χ2n) is 5.51. The molecule has 2 N–H and O–H groups in total. The number of aliphatic hydroxyl groups is 1. The Labute approximate surface area is 108 Å². The molecular formula is C15H21NO2. The number of fused-ring (bicyclic) bond motifs is 1. The van der Waals surface area contributed by atoms with Gasteiger partial charge < -0.3 is 15.2 Å². The first-order chi connectivity index (χ1) is 8.83. The van der Waals surface area contributed by atoms with Gasteiger partial charge in [-0.25, -0.2) is 0 Å². The van der Waals surface area contributed by atoms with Crippen molar-refractivity contribution in [3.8, 4) is 0 Å². The summed E-state index contributed by atoms with van der Waals surface area (Å²) >= 11 is 0. The molecule has 0 amide bonds. The molecule has 3 heteroatoms. The zero-order valence-electron chi connectivity index (χ0n) is 10.6. The third-order valence-electron chi connectivity index (χ3n) is 4.14. The van der Waals surface area contributed by atoms with Gasteiger partial charge in [0.05, 0.1) is 25.4 Å². The Bertz CT molecular complexity index is 407. The Morgan fingerprint density at radius 1 is 1.28 bits per heavy atom. The van der Waals surface area contributed by atoms with Crippen LogP contribution in [0.3, 0.4) is 0 Å². The molecule has 0 radical (unpaired) electrons. The summed E-state index contributed by atoms with van der Waals surface area (Å²) in [6.07, 6.45) is 2.97. The molecule has 1 saturated carbocycles. The van der Waals surface area contributed by atoms with Crippen LogP contribution in [0.4, 0.5) is 0 Å². The summed E-state index contributed by atoms with van der Waals surface area (Å²) in [7, 11) is 0. The third-order valence-corrected chi connectivity index (χ3v) is 4.14. The van der Waals surface area contributed by atoms with E-state index in [9.17, 15) is 5.11 Å². The summed E-state index contributed by atoms with van der Waals surface area (Å²) in [6, 6.07) is 8.81. The van der Waals surface area contributed by atoms with Crippen LogP contribution in [-0.4, -0.2) is 24.4 Å². The second-order valence-corrected chi connectivity index (χ2v) is 5.51. The fraction of sp³-hybridized carbons (Fsp3) is 0.600. The van der Waals surface area contributed by atoms with Crippen LogP contribution in [0.15, 0.2) is 24.3 Å². The van der Waals surface area contributed by atoms with Gasteiger partial charge in [-0.3, -0.25) is 0 Å². The lowest BCUT2D eigenvalue weighted by atomic mass is 9.98. The van der Waals surface area contributed by atoms with E-state index >= 15 is 0 Å². The van der Waals surface area contributed by atoms with E-state index in [1.165, 1.54) is 11.1 Å². The number of nitrogens with one attached hydrogen (secondary N) is 1. The molecule has 3 rings (SSSR count). The second kappa shape index (κ2) is 5.39. The van der Waals surface area contributed by atoms with Crippen molar-refractivity contribution in [3.63, 3.8) is 0 Å². The van der Waals surface area contributed by atoms with Crippen LogP contribution in [0.1, 0.15) is 36.4 Å². The summed E-state index contributed by atoms with van der Waals surface area (Å²) in [5.41, 5.74) is 2.68. The van der Waals surface area contributed by atoms with Gasteiger partial charge in [0.25, 0.3) is 0 Å². The Kier molecular flexibility index (Phi) is 3.64. The van der Waals surface area contributed by atoms with Gasteiger partial charge >= 0.3 is 0 Å². The minimum atomic E-state index is -0.0771. The van der Waals surface area contributed by atoms with E-state index in [2.05, 4.69) is 29.6 Å². The molecule has 3 nitrogen and oxygen atoms in total. The van der Waals surface area contributed by atoms with Crippen LogP contribution in [0.5, 0.6) is 0 Å². The number of benzene rings is 1. The third kappa shape index (κ3) is 2.58. The van der Waals surface area contributed by atoms with E-state index in [0.29, 0.717) is 12.0 Å². The summed E-state index contributed by atoms with van der Waals surface area (Å²) in [5.74, 6) is 0.620. The van der Waals surface area contributed by atoms with Crippen molar-refractivity contribution in [2.24, 2.45) is 5.92 Å². The molecule has 1 aromatic rings. The van der Waals surface area contributed by atoms with E-state index in [-0.39, 0.29) is 6.10 Å². The highest BCUT2D eigenvalue weighted by Crippen LogP contribution is 2.27. The minimum absolute atomic E-state index is 0.0771. The summed E-state index contributed by atoms with van der Waals surface area (Å²) < 4.78 is 5.63. The van der Waals surface area contributed by atoms with E-state index in [1.807, 2.05) is 0 Å². The van der Waals surface area contributed by atoms with Crippen LogP contribution in [0, 0.1) is 5.92 Å². The van der Waals surface area contributed by atoms with E-state index < -0.39 is 0 Å². The molecule has 1 heterocycles. The smallest absolute Gasteiger partial charge is 0.0721 e. The van der Waals surface area contributed by atoms with Crippen molar-refractivity contribution >= 4 is 0 Å². The Balaban J connectivity index is 1.60. The van der Waals surface area contributed by atoms with E-state index in [4.69, 9.17) is 4.74 Å². The van der Waals surface area contributed by atoms with Crippen molar-refractivity contribution < 1.29 is 9.84 Å². The molecule has 0 spiro atoms. The SMILES string of the molecule is OC1CCC(CNC2COCc3ccccc32)C1. The van der Waals surface area contributed by atoms with Crippen LogP contribution >= 0.6 is 0 Å². The van der Waals surface area contributed by atoms with Gasteiger partial charge in [-0.1, -0.05) is 24.3 Å². The summed E-state index contributed by atoms with van der Waals surface area (Å²) in [5, 5.41) is 13.1. The Hall–Kier alpha value is -0.900. The largest absolute Gasteiger partial charge is 0.393 e. The van der Waals surface area contributed by atoms with E-state index in [0.717, 1.165) is 39.0 Å². The lowest BCUT2D eigenvalue weighted by Gasteiger charge is -2.27. The predicted molar refractivity (Wildman–Crippen MR) is 70.2 cm³/mol. The Morgan fingerprint density at radius 2 is 2.17 bits per heavy atom. The van der Waals surface area contributed by atoms with Crippen LogP contribution < -0.4 is 5.32 Å². The number of hydrogen-bond acceptors (Lipinski definition) is 3. The molecule has 1 aliphatic heterocycles. The highest BCUT2D eigenvalue weighted by molar-refractivity contribution is 5.31.